The Morgan fingerprint density at radius 2 is 1.96 bits per heavy atom. The summed E-state index contributed by atoms with van der Waals surface area (Å²) in [6, 6.07) is 7.60. The Morgan fingerprint density at radius 1 is 1.16 bits per heavy atom. The van der Waals surface area contributed by atoms with E-state index in [1.54, 1.807) is 7.11 Å². The zero-order valence-electron chi connectivity index (χ0n) is 14.2. The molecule has 6 nitrogen and oxygen atoms in total. The molecule has 1 aromatic carbocycles. The summed E-state index contributed by atoms with van der Waals surface area (Å²) in [5, 5.41) is 9.33. The summed E-state index contributed by atoms with van der Waals surface area (Å²) >= 11 is 1.15. The van der Waals surface area contributed by atoms with Crippen molar-refractivity contribution < 1.29 is 9.13 Å². The molecule has 130 valence electrons. The fourth-order valence-electron chi connectivity index (χ4n) is 2.47. The summed E-state index contributed by atoms with van der Waals surface area (Å²) in [5.74, 6) is 0.981. The lowest BCUT2D eigenvalue weighted by Crippen LogP contribution is -2.02. The maximum absolute atomic E-state index is 14.4. The number of halogens is 1. The van der Waals surface area contributed by atoms with Gasteiger partial charge in [0.1, 0.15) is 17.1 Å². The van der Waals surface area contributed by atoms with E-state index in [9.17, 15) is 4.39 Å². The fraction of sp³-hybridized carbons (Fsp3) is 0.294. The lowest BCUT2D eigenvalue weighted by Gasteiger charge is -2.10. The Balaban J connectivity index is 2.01. The van der Waals surface area contributed by atoms with Crippen LogP contribution in [0.4, 0.5) is 4.39 Å². The van der Waals surface area contributed by atoms with Crippen LogP contribution >= 0.6 is 11.8 Å². The van der Waals surface area contributed by atoms with Crippen LogP contribution in [0.1, 0.15) is 19.5 Å². The average molecular weight is 359 g/mol. The molecule has 0 bridgehead atoms. The van der Waals surface area contributed by atoms with E-state index in [2.05, 4.69) is 20.2 Å². The minimum absolute atomic E-state index is 0.250. The highest BCUT2D eigenvalue weighted by molar-refractivity contribution is 7.99. The van der Waals surface area contributed by atoms with E-state index < -0.39 is 5.82 Å². The Hall–Kier alpha value is -2.48. The van der Waals surface area contributed by atoms with Gasteiger partial charge in [0.15, 0.2) is 16.8 Å². The predicted octanol–water partition coefficient (Wildman–Crippen LogP) is 3.62. The number of para-hydroxylation sites is 1. The van der Waals surface area contributed by atoms with Crippen molar-refractivity contribution in [1.82, 2.24) is 24.7 Å². The number of nitrogens with zero attached hydrogens (tertiary/aromatic N) is 5. The topological polar surface area (TPSA) is 65.7 Å². The van der Waals surface area contributed by atoms with Crippen LogP contribution in [-0.2, 0) is 13.0 Å². The molecule has 2 aromatic heterocycles. The van der Waals surface area contributed by atoms with E-state index in [1.807, 2.05) is 42.7 Å². The summed E-state index contributed by atoms with van der Waals surface area (Å²) in [6.07, 6.45) is 1.88. The summed E-state index contributed by atoms with van der Waals surface area (Å²) < 4.78 is 21.7. The van der Waals surface area contributed by atoms with Gasteiger partial charge in [-0.15, -0.1) is 10.2 Å². The SMILES string of the molecule is CCc1ncnc(Sc2nnc(-c3ccccc3OC)n2CC)c1F. The molecule has 0 radical (unpaired) electrons. The molecule has 0 saturated carbocycles. The van der Waals surface area contributed by atoms with Crippen LogP contribution in [0.15, 0.2) is 40.8 Å². The monoisotopic (exact) mass is 359 g/mol. The van der Waals surface area contributed by atoms with Gasteiger partial charge in [0.25, 0.3) is 0 Å². The first-order chi connectivity index (χ1) is 12.2. The highest BCUT2D eigenvalue weighted by atomic mass is 32.2. The molecule has 0 aliphatic rings. The molecule has 0 saturated heterocycles. The third-order valence-electron chi connectivity index (χ3n) is 3.73. The van der Waals surface area contributed by atoms with E-state index in [1.165, 1.54) is 6.33 Å². The molecule has 0 N–H and O–H groups in total. The third-order valence-corrected chi connectivity index (χ3v) is 4.70. The number of benzene rings is 1. The van der Waals surface area contributed by atoms with E-state index in [4.69, 9.17) is 4.74 Å². The molecule has 2 heterocycles. The quantitative estimate of drug-likeness (QED) is 0.626. The van der Waals surface area contributed by atoms with Gasteiger partial charge in [-0.05, 0) is 37.2 Å². The Bertz CT molecular complexity index is 883. The smallest absolute Gasteiger partial charge is 0.197 e. The largest absolute Gasteiger partial charge is 0.496 e. The first kappa shape index (κ1) is 17.3. The standard InChI is InChI=1S/C17H18FN5OS/c1-4-12-14(18)16(20-10-19-12)25-17-22-21-15(23(17)5-2)11-8-6-7-9-13(11)24-3/h6-10H,4-5H2,1-3H3. The molecule has 3 rings (SSSR count). The van der Waals surface area contributed by atoms with Gasteiger partial charge in [0.05, 0.1) is 18.4 Å². The highest BCUT2D eigenvalue weighted by Crippen LogP contribution is 2.33. The Morgan fingerprint density at radius 3 is 2.68 bits per heavy atom. The molecule has 25 heavy (non-hydrogen) atoms. The normalized spacial score (nSPS) is 10.9. The number of hydrogen-bond acceptors (Lipinski definition) is 6. The van der Waals surface area contributed by atoms with Gasteiger partial charge in [0.2, 0.25) is 0 Å². The van der Waals surface area contributed by atoms with Gasteiger partial charge in [-0.3, -0.25) is 0 Å². The molecule has 0 aliphatic carbocycles. The van der Waals surface area contributed by atoms with Crippen molar-refractivity contribution in [2.24, 2.45) is 0 Å². The summed E-state index contributed by atoms with van der Waals surface area (Å²) in [6.45, 7) is 4.48. The summed E-state index contributed by atoms with van der Waals surface area (Å²) in [7, 11) is 1.61. The maximum atomic E-state index is 14.4. The number of rotatable bonds is 6. The van der Waals surface area contributed by atoms with E-state index in [0.29, 0.717) is 35.4 Å². The van der Waals surface area contributed by atoms with Gasteiger partial charge >= 0.3 is 0 Å². The number of ether oxygens (including phenoxy) is 1. The first-order valence-corrected chi connectivity index (χ1v) is 8.75. The number of hydrogen-bond donors (Lipinski definition) is 0. The Kier molecular flexibility index (Phi) is 5.28. The zero-order chi connectivity index (χ0) is 17.8. The molecular formula is C17H18FN5OS. The average Bonchev–Trinajstić information content (AvgIpc) is 3.05. The van der Waals surface area contributed by atoms with Crippen LogP contribution in [0, 0.1) is 5.82 Å². The van der Waals surface area contributed by atoms with Crippen molar-refractivity contribution in [2.75, 3.05) is 7.11 Å². The van der Waals surface area contributed by atoms with Crippen LogP contribution in [0.25, 0.3) is 11.4 Å². The van der Waals surface area contributed by atoms with Crippen molar-refractivity contribution in [1.29, 1.82) is 0 Å². The molecule has 3 aromatic rings. The molecule has 0 unspecified atom stereocenters. The van der Waals surface area contributed by atoms with Crippen molar-refractivity contribution in [3.8, 4) is 17.1 Å². The maximum Gasteiger partial charge on any atom is 0.197 e. The van der Waals surface area contributed by atoms with Crippen molar-refractivity contribution in [3.63, 3.8) is 0 Å². The number of aromatic nitrogens is 5. The fourth-order valence-corrected chi connectivity index (χ4v) is 3.36. The van der Waals surface area contributed by atoms with Gasteiger partial charge in [-0.25, -0.2) is 14.4 Å². The minimum Gasteiger partial charge on any atom is -0.496 e. The lowest BCUT2D eigenvalue weighted by molar-refractivity contribution is 0.416. The highest BCUT2D eigenvalue weighted by Gasteiger charge is 2.19. The van der Waals surface area contributed by atoms with Crippen molar-refractivity contribution >= 4 is 11.8 Å². The molecule has 8 heteroatoms. The van der Waals surface area contributed by atoms with Gasteiger partial charge in [0, 0.05) is 6.54 Å². The number of aryl methyl sites for hydroxylation is 1. The molecule has 0 aliphatic heterocycles. The van der Waals surface area contributed by atoms with E-state index in [-0.39, 0.29) is 5.03 Å². The van der Waals surface area contributed by atoms with Crippen LogP contribution in [0.5, 0.6) is 5.75 Å². The van der Waals surface area contributed by atoms with Crippen LogP contribution < -0.4 is 4.74 Å². The minimum atomic E-state index is -0.403. The van der Waals surface area contributed by atoms with Gasteiger partial charge < -0.3 is 9.30 Å². The number of methoxy groups -OCH3 is 1. The molecule has 0 spiro atoms. The van der Waals surface area contributed by atoms with Gasteiger partial charge in [-0.2, -0.15) is 0 Å². The molecule has 0 amide bonds. The van der Waals surface area contributed by atoms with Crippen molar-refractivity contribution in [2.45, 2.75) is 37.0 Å². The molecule has 0 fully saturated rings. The Labute approximate surface area is 149 Å². The second kappa shape index (κ2) is 7.60. The van der Waals surface area contributed by atoms with Crippen LogP contribution in [0.3, 0.4) is 0 Å². The lowest BCUT2D eigenvalue weighted by atomic mass is 10.2. The first-order valence-electron chi connectivity index (χ1n) is 7.93. The van der Waals surface area contributed by atoms with E-state index in [0.717, 1.165) is 17.3 Å². The van der Waals surface area contributed by atoms with Crippen LogP contribution in [-0.4, -0.2) is 31.8 Å². The van der Waals surface area contributed by atoms with Crippen LogP contribution in [0.2, 0.25) is 0 Å². The second-order valence-corrected chi connectivity index (χ2v) is 6.10. The zero-order valence-corrected chi connectivity index (χ0v) is 15.0. The second-order valence-electron chi connectivity index (χ2n) is 5.15. The van der Waals surface area contributed by atoms with E-state index >= 15 is 0 Å². The molecular weight excluding hydrogens is 341 g/mol. The summed E-state index contributed by atoms with van der Waals surface area (Å²) in [5.41, 5.74) is 1.23. The molecule has 0 atom stereocenters. The van der Waals surface area contributed by atoms with Gasteiger partial charge in [-0.1, -0.05) is 19.1 Å². The van der Waals surface area contributed by atoms with Crippen molar-refractivity contribution in [3.05, 3.63) is 42.1 Å². The summed E-state index contributed by atoms with van der Waals surface area (Å²) in [4.78, 5) is 8.00. The third kappa shape index (κ3) is 3.34. The predicted molar refractivity (Wildman–Crippen MR) is 93.2 cm³/mol.